The van der Waals surface area contributed by atoms with E-state index in [0.29, 0.717) is 13.1 Å². The molecule has 0 atom stereocenters. The Morgan fingerprint density at radius 3 is 2.00 bits per heavy atom. The number of nitrogens with zero attached hydrogens (tertiary/aromatic N) is 2. The van der Waals surface area contributed by atoms with Gasteiger partial charge in [-0.15, -0.1) is 0 Å². The van der Waals surface area contributed by atoms with Crippen molar-refractivity contribution in [1.29, 1.82) is 0 Å². The van der Waals surface area contributed by atoms with Crippen LogP contribution in [0.5, 0.6) is 0 Å². The molecule has 33 heavy (non-hydrogen) atoms. The SMILES string of the molecule is CC(C)(C)OC(=O)N1CC/C(=C\c2ccc(N=C(c3ccccc3)c3ccccc3)cc2)C1. The minimum Gasteiger partial charge on any atom is -0.444 e. The van der Waals surface area contributed by atoms with E-state index in [1.54, 1.807) is 4.90 Å². The fraction of sp³-hybridized carbons (Fsp3) is 0.241. The van der Waals surface area contributed by atoms with Gasteiger partial charge < -0.3 is 9.64 Å². The second-order valence-electron chi connectivity index (χ2n) is 9.24. The van der Waals surface area contributed by atoms with Crippen molar-refractivity contribution < 1.29 is 9.53 Å². The van der Waals surface area contributed by atoms with E-state index in [9.17, 15) is 4.79 Å². The van der Waals surface area contributed by atoms with Crippen LogP contribution >= 0.6 is 0 Å². The zero-order chi connectivity index (χ0) is 23.3. The fourth-order valence-corrected chi connectivity index (χ4v) is 3.78. The summed E-state index contributed by atoms with van der Waals surface area (Å²) in [7, 11) is 0. The van der Waals surface area contributed by atoms with Crippen molar-refractivity contribution in [1.82, 2.24) is 4.90 Å². The first kappa shape index (κ1) is 22.5. The highest BCUT2D eigenvalue weighted by Gasteiger charge is 2.26. The average Bonchev–Trinajstić information content (AvgIpc) is 3.27. The van der Waals surface area contributed by atoms with Crippen molar-refractivity contribution in [3.05, 3.63) is 107 Å². The van der Waals surface area contributed by atoms with E-state index >= 15 is 0 Å². The van der Waals surface area contributed by atoms with Crippen LogP contribution in [0.4, 0.5) is 10.5 Å². The third kappa shape index (κ3) is 6.19. The van der Waals surface area contributed by atoms with E-state index < -0.39 is 5.60 Å². The van der Waals surface area contributed by atoms with Crippen LogP contribution < -0.4 is 0 Å². The third-order valence-electron chi connectivity index (χ3n) is 5.35. The molecule has 0 bridgehead atoms. The number of rotatable bonds is 4. The van der Waals surface area contributed by atoms with Crippen LogP contribution in [0.3, 0.4) is 0 Å². The van der Waals surface area contributed by atoms with Crippen LogP contribution in [-0.4, -0.2) is 35.4 Å². The minimum absolute atomic E-state index is 0.245. The number of ether oxygens (including phenoxy) is 1. The Labute approximate surface area is 196 Å². The summed E-state index contributed by atoms with van der Waals surface area (Å²) in [6.45, 7) is 6.98. The number of aliphatic imine (C=N–C) groups is 1. The maximum Gasteiger partial charge on any atom is 0.410 e. The molecule has 1 amide bonds. The van der Waals surface area contributed by atoms with Gasteiger partial charge in [-0.1, -0.05) is 78.9 Å². The van der Waals surface area contributed by atoms with Gasteiger partial charge in [-0.25, -0.2) is 9.79 Å². The maximum absolute atomic E-state index is 12.3. The summed E-state index contributed by atoms with van der Waals surface area (Å²) in [5.41, 5.74) is 5.89. The van der Waals surface area contributed by atoms with Gasteiger partial charge in [0.05, 0.1) is 11.4 Å². The molecule has 4 heteroatoms. The molecule has 1 aliphatic rings. The number of likely N-dealkylation sites (tertiary alicyclic amines) is 1. The molecule has 4 nitrogen and oxygen atoms in total. The smallest absolute Gasteiger partial charge is 0.410 e. The third-order valence-corrected chi connectivity index (χ3v) is 5.35. The summed E-state index contributed by atoms with van der Waals surface area (Å²) >= 11 is 0. The number of carbonyl (C=O) groups is 1. The molecular formula is C29H30N2O2. The number of hydrogen-bond acceptors (Lipinski definition) is 3. The highest BCUT2D eigenvalue weighted by molar-refractivity contribution is 6.13. The first-order valence-corrected chi connectivity index (χ1v) is 11.3. The lowest BCUT2D eigenvalue weighted by molar-refractivity contribution is 0.0299. The van der Waals surface area contributed by atoms with Gasteiger partial charge in [0.2, 0.25) is 0 Å². The van der Waals surface area contributed by atoms with E-state index in [-0.39, 0.29) is 6.09 Å². The lowest BCUT2D eigenvalue weighted by Gasteiger charge is -2.23. The van der Waals surface area contributed by atoms with E-state index in [1.165, 1.54) is 5.57 Å². The Morgan fingerprint density at radius 2 is 1.45 bits per heavy atom. The van der Waals surface area contributed by atoms with Crippen LogP contribution in [0.1, 0.15) is 43.9 Å². The number of hydrogen-bond donors (Lipinski definition) is 0. The molecular weight excluding hydrogens is 408 g/mol. The molecule has 168 valence electrons. The van der Waals surface area contributed by atoms with Crippen LogP contribution in [0.25, 0.3) is 6.08 Å². The molecule has 1 aliphatic heterocycles. The number of benzene rings is 3. The summed E-state index contributed by atoms with van der Waals surface area (Å²) in [6, 6.07) is 28.7. The molecule has 0 radical (unpaired) electrons. The van der Waals surface area contributed by atoms with Crippen molar-refractivity contribution >= 4 is 23.6 Å². The predicted octanol–water partition coefficient (Wildman–Crippen LogP) is 6.88. The lowest BCUT2D eigenvalue weighted by atomic mass is 10.0. The van der Waals surface area contributed by atoms with Crippen molar-refractivity contribution in [3.63, 3.8) is 0 Å². The quantitative estimate of drug-likeness (QED) is 0.417. The Bertz CT molecular complexity index is 1100. The van der Waals surface area contributed by atoms with Crippen LogP contribution in [0.2, 0.25) is 0 Å². The summed E-state index contributed by atoms with van der Waals surface area (Å²) in [5.74, 6) is 0. The summed E-state index contributed by atoms with van der Waals surface area (Å²) < 4.78 is 5.49. The largest absolute Gasteiger partial charge is 0.444 e. The van der Waals surface area contributed by atoms with Gasteiger partial charge in [0.1, 0.15) is 5.60 Å². The van der Waals surface area contributed by atoms with Crippen LogP contribution in [-0.2, 0) is 4.74 Å². The van der Waals surface area contributed by atoms with Crippen molar-refractivity contribution in [3.8, 4) is 0 Å². The summed E-state index contributed by atoms with van der Waals surface area (Å²) in [6.07, 6.45) is 2.78. The van der Waals surface area contributed by atoms with Gasteiger partial charge in [-0.05, 0) is 50.5 Å². The molecule has 1 heterocycles. The van der Waals surface area contributed by atoms with Gasteiger partial charge >= 0.3 is 6.09 Å². The maximum atomic E-state index is 12.3. The Balaban J connectivity index is 1.51. The van der Waals surface area contributed by atoms with Crippen LogP contribution in [0.15, 0.2) is 95.5 Å². The molecule has 1 saturated heterocycles. The van der Waals surface area contributed by atoms with E-state index in [2.05, 4.69) is 42.5 Å². The summed E-state index contributed by atoms with van der Waals surface area (Å²) in [4.78, 5) is 19.0. The molecule has 3 aromatic rings. The van der Waals surface area contributed by atoms with Crippen molar-refractivity contribution in [2.24, 2.45) is 4.99 Å². The molecule has 0 aliphatic carbocycles. The number of amides is 1. The standard InChI is InChI=1S/C29H30N2O2/c1-29(2,3)33-28(32)31-19-18-23(21-31)20-22-14-16-26(17-15-22)30-27(24-10-6-4-7-11-24)25-12-8-5-9-13-25/h4-17,20H,18-19,21H2,1-3H3/b23-20+. The first-order chi connectivity index (χ1) is 15.9. The summed E-state index contributed by atoms with van der Waals surface area (Å²) in [5, 5.41) is 0. The Hall–Kier alpha value is -3.66. The van der Waals surface area contributed by atoms with E-state index in [0.717, 1.165) is 34.5 Å². The van der Waals surface area contributed by atoms with Gasteiger partial charge in [0, 0.05) is 24.2 Å². The molecule has 0 saturated carbocycles. The monoisotopic (exact) mass is 438 g/mol. The van der Waals surface area contributed by atoms with Crippen LogP contribution in [0, 0.1) is 0 Å². The molecule has 0 unspecified atom stereocenters. The second kappa shape index (κ2) is 9.86. The molecule has 4 rings (SSSR count). The second-order valence-corrected chi connectivity index (χ2v) is 9.24. The zero-order valence-electron chi connectivity index (χ0n) is 19.5. The van der Waals surface area contributed by atoms with Crippen molar-refractivity contribution in [2.45, 2.75) is 32.8 Å². The molecule has 3 aromatic carbocycles. The first-order valence-electron chi connectivity index (χ1n) is 11.3. The van der Waals surface area contributed by atoms with Gasteiger partial charge in [-0.3, -0.25) is 0 Å². The van der Waals surface area contributed by atoms with E-state index in [1.807, 2.05) is 69.3 Å². The highest BCUT2D eigenvalue weighted by Crippen LogP contribution is 2.23. The zero-order valence-corrected chi connectivity index (χ0v) is 19.5. The predicted molar refractivity (Wildman–Crippen MR) is 135 cm³/mol. The lowest BCUT2D eigenvalue weighted by Crippen LogP contribution is -2.34. The Kier molecular flexibility index (Phi) is 6.74. The van der Waals surface area contributed by atoms with Gasteiger partial charge in [0.25, 0.3) is 0 Å². The molecule has 0 aromatic heterocycles. The molecule has 0 N–H and O–H groups in total. The van der Waals surface area contributed by atoms with Gasteiger partial charge in [-0.2, -0.15) is 0 Å². The minimum atomic E-state index is -0.474. The highest BCUT2D eigenvalue weighted by atomic mass is 16.6. The molecule has 0 spiro atoms. The Morgan fingerprint density at radius 1 is 0.879 bits per heavy atom. The van der Waals surface area contributed by atoms with Crippen molar-refractivity contribution in [2.75, 3.05) is 13.1 Å². The van der Waals surface area contributed by atoms with E-state index in [4.69, 9.17) is 9.73 Å². The topological polar surface area (TPSA) is 41.9 Å². The normalized spacial score (nSPS) is 14.9. The fourth-order valence-electron chi connectivity index (χ4n) is 3.78. The number of carbonyl (C=O) groups excluding carboxylic acids is 1. The average molecular weight is 439 g/mol. The van der Waals surface area contributed by atoms with Gasteiger partial charge in [0.15, 0.2) is 0 Å². The molecule has 1 fully saturated rings.